The van der Waals surface area contributed by atoms with Crippen molar-refractivity contribution in [1.29, 1.82) is 0 Å². The molecule has 0 aliphatic rings. The van der Waals surface area contributed by atoms with Crippen LogP contribution in [0.25, 0.3) is 0 Å². The fraction of sp³-hybridized carbons (Fsp3) is 0. The molecule has 0 spiro atoms. The van der Waals surface area contributed by atoms with Gasteiger partial charge >= 0.3 is 251 Å². The molecule has 0 aliphatic heterocycles. The van der Waals surface area contributed by atoms with Crippen LogP contribution in [-0.2, 0) is 9.47 Å². The van der Waals surface area contributed by atoms with Crippen molar-refractivity contribution in [3.63, 3.8) is 0 Å². The summed E-state index contributed by atoms with van der Waals surface area (Å²) in [6, 6.07) is 0. The van der Waals surface area contributed by atoms with Gasteiger partial charge in [0.15, 0.2) is 0 Å². The molecule has 0 bridgehead atoms. The van der Waals surface area contributed by atoms with Gasteiger partial charge in [0.25, 0.3) is 0 Å². The van der Waals surface area contributed by atoms with E-state index in [9.17, 15) is 14.4 Å². The monoisotopic (exact) mass is 494 g/mol. The van der Waals surface area contributed by atoms with E-state index in [1.807, 2.05) is 0 Å². The van der Waals surface area contributed by atoms with Crippen molar-refractivity contribution in [2.75, 3.05) is 0 Å². The molecule has 0 saturated carbocycles. The van der Waals surface area contributed by atoms with Crippen LogP contribution in [0.2, 0.25) is 0 Å². The first-order valence-electron chi connectivity index (χ1n) is 1.88. The van der Waals surface area contributed by atoms with Crippen LogP contribution in [0.4, 0.5) is 14.4 Å². The summed E-state index contributed by atoms with van der Waals surface area (Å²) >= 11 is 0. The summed E-state index contributed by atoms with van der Waals surface area (Å²) in [5.74, 6) is 0. The molecule has 0 unspecified atom stereocenters. The van der Waals surface area contributed by atoms with Crippen LogP contribution in [0.1, 0.15) is 0 Å². The van der Waals surface area contributed by atoms with E-state index in [2.05, 4.69) is 9.47 Å². The fourth-order valence-corrected chi connectivity index (χ4v) is 0.163. The van der Waals surface area contributed by atoms with Crippen LogP contribution >= 0.6 is 0 Å². The van der Waals surface area contributed by atoms with Gasteiger partial charge in [0.1, 0.15) is 0 Å². The standard InChI is InChI=1S/C3H2O7.4Rb.4H/c4-1(5)9-3(8)10-2(6)7;;;;;;;;/h(H,4,5)(H,6,7);;;;;;;;. The Morgan fingerprint density at radius 3 is 1.07 bits per heavy atom. The zero-order valence-electron chi connectivity index (χ0n) is 4.44. The third-order valence-electron chi connectivity index (χ3n) is 0.341. The molecule has 0 saturated heterocycles. The first kappa shape index (κ1) is 31.7. The first-order chi connectivity index (χ1) is 4.52. The van der Waals surface area contributed by atoms with Gasteiger partial charge in [-0.05, 0) is 0 Å². The molecule has 0 amide bonds. The van der Waals surface area contributed by atoms with E-state index in [1.165, 1.54) is 0 Å². The molecule has 11 heteroatoms. The zero-order chi connectivity index (χ0) is 8.15. The quantitative estimate of drug-likeness (QED) is 0.293. The molecule has 14 heavy (non-hydrogen) atoms. The minimum absolute atomic E-state index is 0. The molecule has 7 nitrogen and oxygen atoms in total. The maximum atomic E-state index is 9.86. The molecule has 0 aromatic carbocycles. The molecule has 0 aromatic rings. The van der Waals surface area contributed by atoms with Gasteiger partial charge in [-0.2, -0.15) is 0 Å². The first-order valence-corrected chi connectivity index (χ1v) is 1.88. The minimum atomic E-state index is -1.92. The third-order valence-corrected chi connectivity index (χ3v) is 0.341. The van der Waals surface area contributed by atoms with Gasteiger partial charge in [0.2, 0.25) is 0 Å². The number of carbonyl (C=O) groups is 3. The topological polar surface area (TPSA) is 110 Å². The van der Waals surface area contributed by atoms with Crippen molar-refractivity contribution in [1.82, 2.24) is 0 Å². The summed E-state index contributed by atoms with van der Waals surface area (Å²) in [6.45, 7) is 0. The van der Waals surface area contributed by atoms with Crippen LogP contribution in [0.5, 0.6) is 0 Å². The second-order valence-corrected chi connectivity index (χ2v) is 0.986. The predicted octanol–water partition coefficient (Wildman–Crippen LogP) is -2.10. The SMILES string of the molecule is O=C(O)OC(=O)OC(=O)O.[RbH].[RbH].[RbH].[RbH]. The Kier molecular flexibility index (Phi) is 47.0. The van der Waals surface area contributed by atoms with Crippen LogP contribution in [0, 0.1) is 0 Å². The summed E-state index contributed by atoms with van der Waals surface area (Å²) in [4.78, 5) is 28.8. The van der Waals surface area contributed by atoms with E-state index >= 15 is 0 Å². The summed E-state index contributed by atoms with van der Waals surface area (Å²) < 4.78 is 6.47. The van der Waals surface area contributed by atoms with E-state index in [0.29, 0.717) is 0 Å². The molecule has 0 aliphatic carbocycles. The Morgan fingerprint density at radius 2 is 0.929 bits per heavy atom. The van der Waals surface area contributed by atoms with Gasteiger partial charge in [-0.25, -0.2) is 14.4 Å². The Bertz CT molecular complexity index is 164. The molecule has 0 heterocycles. The molecule has 2 N–H and O–H groups in total. The molecule has 0 atom stereocenters. The van der Waals surface area contributed by atoms with Gasteiger partial charge in [-0.1, -0.05) is 0 Å². The average Bonchev–Trinajstić information content (AvgIpc) is 1.58. The van der Waals surface area contributed by atoms with Crippen molar-refractivity contribution >= 4 is 251 Å². The fourth-order valence-electron chi connectivity index (χ4n) is 0.163. The van der Waals surface area contributed by atoms with Crippen LogP contribution in [-0.4, -0.2) is 261 Å². The second-order valence-electron chi connectivity index (χ2n) is 0.986. The number of hydrogen-bond acceptors (Lipinski definition) is 5. The predicted molar refractivity (Wildman–Crippen MR) is 52.2 cm³/mol. The molecular formula is C3H6O7Rb4. The van der Waals surface area contributed by atoms with E-state index in [4.69, 9.17) is 10.2 Å². The Balaban J connectivity index is -0.0000000675. The average molecular weight is 496 g/mol. The summed E-state index contributed by atoms with van der Waals surface area (Å²) in [7, 11) is 0. The molecule has 0 aromatic heterocycles. The summed E-state index contributed by atoms with van der Waals surface area (Å²) in [5, 5.41) is 15.4. The Hall–Kier alpha value is 5.43. The van der Waals surface area contributed by atoms with Crippen molar-refractivity contribution in [3.05, 3.63) is 0 Å². The number of ether oxygens (including phenoxy) is 2. The van der Waals surface area contributed by atoms with E-state index in [-0.39, 0.29) is 233 Å². The van der Waals surface area contributed by atoms with Gasteiger partial charge in [-0.3, -0.25) is 0 Å². The van der Waals surface area contributed by atoms with Crippen molar-refractivity contribution in [2.45, 2.75) is 0 Å². The van der Waals surface area contributed by atoms with Gasteiger partial charge < -0.3 is 19.7 Å². The van der Waals surface area contributed by atoms with Crippen molar-refractivity contribution in [3.8, 4) is 0 Å². The van der Waals surface area contributed by atoms with Crippen molar-refractivity contribution in [2.24, 2.45) is 0 Å². The molecule has 0 fully saturated rings. The third kappa shape index (κ3) is 26.1. The Labute approximate surface area is 275 Å². The zero-order valence-corrected chi connectivity index (χ0v) is 4.44. The molecular weight excluding hydrogens is 490 g/mol. The summed E-state index contributed by atoms with van der Waals surface area (Å²) in [5.41, 5.74) is 0. The van der Waals surface area contributed by atoms with Crippen LogP contribution in [0.3, 0.4) is 0 Å². The normalized spacial score (nSPS) is 5.71. The number of carbonyl (C=O) groups excluding carboxylic acids is 1. The Morgan fingerprint density at radius 1 is 0.714 bits per heavy atom. The van der Waals surface area contributed by atoms with Gasteiger partial charge in [0, 0.05) is 0 Å². The number of carboxylic acid groups (broad SMARTS) is 2. The van der Waals surface area contributed by atoms with Gasteiger partial charge in [0.05, 0.1) is 0 Å². The van der Waals surface area contributed by atoms with Crippen molar-refractivity contribution < 1.29 is 34.1 Å². The van der Waals surface area contributed by atoms with E-state index < -0.39 is 18.5 Å². The molecule has 0 rings (SSSR count). The van der Waals surface area contributed by atoms with Crippen LogP contribution in [0.15, 0.2) is 0 Å². The van der Waals surface area contributed by atoms with E-state index in [1.54, 1.807) is 0 Å². The molecule has 0 radical (unpaired) electrons. The van der Waals surface area contributed by atoms with Gasteiger partial charge in [-0.15, -0.1) is 0 Å². The maximum absolute atomic E-state index is 9.86. The summed E-state index contributed by atoms with van der Waals surface area (Å²) in [6.07, 6.45) is -5.64. The number of hydrogen-bond donors (Lipinski definition) is 2. The molecule has 64 valence electrons. The number of rotatable bonds is 0. The van der Waals surface area contributed by atoms with Crippen LogP contribution < -0.4 is 0 Å². The van der Waals surface area contributed by atoms with E-state index in [0.717, 1.165) is 0 Å². The second kappa shape index (κ2) is 20.7.